The first-order valence-corrected chi connectivity index (χ1v) is 11.3. The summed E-state index contributed by atoms with van der Waals surface area (Å²) in [4.78, 5) is 7.67. The average Bonchev–Trinajstić information content (AvgIpc) is 3.10. The Bertz CT molecular complexity index is 527. The van der Waals surface area contributed by atoms with E-state index in [1.807, 2.05) is 0 Å². The van der Waals surface area contributed by atoms with Gasteiger partial charge in [-0.3, -0.25) is 9.80 Å². The summed E-state index contributed by atoms with van der Waals surface area (Å²) in [5.41, 5.74) is 2.20. The van der Waals surface area contributed by atoms with Gasteiger partial charge in [-0.15, -0.1) is 0 Å². The van der Waals surface area contributed by atoms with Crippen LogP contribution in [-0.2, 0) is 0 Å². The molecule has 0 bridgehead atoms. The van der Waals surface area contributed by atoms with Gasteiger partial charge < -0.3 is 20.6 Å². The first-order valence-electron chi connectivity index (χ1n) is 11.3. The highest BCUT2D eigenvalue weighted by molar-refractivity contribution is 4.99. The number of nitrogens with one attached hydrogen (secondary N) is 2. The summed E-state index contributed by atoms with van der Waals surface area (Å²) in [7, 11) is 2.22. The van der Waals surface area contributed by atoms with Crippen molar-refractivity contribution in [3.05, 3.63) is 36.9 Å². The second kappa shape index (κ2) is 12.9. The number of rotatable bonds is 14. The predicted octanol–water partition coefficient (Wildman–Crippen LogP) is 2.54. The Morgan fingerprint density at radius 2 is 1.59 bits per heavy atom. The number of nitrogens with zero attached hydrogens (tertiary/aromatic N) is 3. The van der Waals surface area contributed by atoms with Gasteiger partial charge in [0.1, 0.15) is 0 Å². The molecular weight excluding hydrogens is 365 g/mol. The minimum absolute atomic E-state index is 0.254. The van der Waals surface area contributed by atoms with E-state index >= 15 is 0 Å². The second-order valence-corrected chi connectivity index (χ2v) is 8.70. The Balaban J connectivity index is 1.55. The zero-order valence-corrected chi connectivity index (χ0v) is 18.6. The molecule has 6 nitrogen and oxygen atoms in total. The van der Waals surface area contributed by atoms with E-state index in [-0.39, 0.29) is 5.76 Å². The molecule has 3 N–H and O–H groups in total. The summed E-state index contributed by atoms with van der Waals surface area (Å²) in [6.07, 6.45) is 6.15. The quantitative estimate of drug-likeness (QED) is 0.233. The van der Waals surface area contributed by atoms with Crippen LogP contribution < -0.4 is 10.6 Å². The fourth-order valence-corrected chi connectivity index (χ4v) is 4.15. The van der Waals surface area contributed by atoms with Gasteiger partial charge in [-0.25, -0.2) is 0 Å². The first-order chi connectivity index (χ1) is 13.9. The van der Waals surface area contributed by atoms with Gasteiger partial charge in [-0.05, 0) is 45.7 Å². The zero-order chi connectivity index (χ0) is 21.1. The van der Waals surface area contributed by atoms with Gasteiger partial charge in [0.2, 0.25) is 0 Å². The van der Waals surface area contributed by atoms with Gasteiger partial charge in [0.15, 0.2) is 0 Å². The van der Waals surface area contributed by atoms with Crippen molar-refractivity contribution in [3.8, 4) is 0 Å². The fourth-order valence-electron chi connectivity index (χ4n) is 4.15. The maximum Gasteiger partial charge on any atom is 0.0851 e. The van der Waals surface area contributed by atoms with E-state index in [2.05, 4.69) is 52.1 Å². The van der Waals surface area contributed by atoms with Crippen LogP contribution in [0.2, 0.25) is 0 Å². The normalized spacial score (nSPS) is 21.2. The molecular formula is C23H43N5O. The van der Waals surface area contributed by atoms with Crippen molar-refractivity contribution in [2.24, 2.45) is 0 Å². The molecule has 0 aromatic rings. The third kappa shape index (κ3) is 9.70. The van der Waals surface area contributed by atoms with Gasteiger partial charge in [-0.2, -0.15) is 0 Å². The largest absolute Gasteiger partial charge is 0.513 e. The number of piperazine rings is 1. The SMILES string of the molecule is C=C(O)CCCNC(=C)CCCNC(=C)CN1CCCC1CN1CCN([13CH3])[13CH2][13CH2]1. The molecule has 2 aliphatic rings. The van der Waals surface area contributed by atoms with Crippen molar-refractivity contribution in [1.29, 1.82) is 0 Å². The monoisotopic (exact) mass is 408 g/mol. The number of likely N-dealkylation sites (tertiary alicyclic amines) is 1. The molecule has 2 saturated heterocycles. The van der Waals surface area contributed by atoms with Crippen LogP contribution >= 0.6 is 0 Å². The zero-order valence-electron chi connectivity index (χ0n) is 18.6. The molecule has 0 aliphatic carbocycles. The van der Waals surface area contributed by atoms with E-state index in [0.29, 0.717) is 12.5 Å². The van der Waals surface area contributed by atoms with Crippen LogP contribution in [0.5, 0.6) is 0 Å². The van der Waals surface area contributed by atoms with Gasteiger partial charge in [0, 0.05) is 76.2 Å². The van der Waals surface area contributed by atoms with Crippen LogP contribution in [0.3, 0.4) is 0 Å². The van der Waals surface area contributed by atoms with Crippen LogP contribution in [0, 0.1) is 0 Å². The summed E-state index contributed by atoms with van der Waals surface area (Å²) < 4.78 is 0. The highest BCUT2D eigenvalue weighted by Crippen LogP contribution is 2.19. The van der Waals surface area contributed by atoms with Crippen molar-refractivity contribution < 1.29 is 5.11 Å². The Hall–Kier alpha value is -1.50. The van der Waals surface area contributed by atoms with Gasteiger partial charge in [0.05, 0.1) is 5.76 Å². The van der Waals surface area contributed by atoms with Crippen LogP contribution in [0.1, 0.15) is 38.5 Å². The molecule has 0 amide bonds. The number of likely N-dealkylation sites (N-methyl/N-ethyl adjacent to an activating group) is 1. The van der Waals surface area contributed by atoms with Crippen LogP contribution in [0.4, 0.5) is 0 Å². The molecule has 0 spiro atoms. The molecule has 1 atom stereocenters. The minimum atomic E-state index is 0.254. The lowest BCUT2D eigenvalue weighted by Gasteiger charge is -2.36. The molecule has 2 fully saturated rings. The van der Waals surface area contributed by atoms with E-state index in [4.69, 9.17) is 5.11 Å². The lowest BCUT2D eigenvalue weighted by molar-refractivity contribution is 0.119. The van der Waals surface area contributed by atoms with Gasteiger partial charge in [0.25, 0.3) is 0 Å². The average molecular weight is 409 g/mol. The molecule has 2 rings (SSSR count). The third-order valence-electron chi connectivity index (χ3n) is 6.01. The van der Waals surface area contributed by atoms with E-state index in [1.165, 1.54) is 52.1 Å². The summed E-state index contributed by atoms with van der Waals surface area (Å²) in [6, 6.07) is 0.677. The molecule has 2 heterocycles. The van der Waals surface area contributed by atoms with E-state index in [9.17, 15) is 0 Å². The van der Waals surface area contributed by atoms with Crippen molar-refractivity contribution in [3.63, 3.8) is 0 Å². The highest BCUT2D eigenvalue weighted by atomic mass is 16.3. The van der Waals surface area contributed by atoms with Crippen molar-refractivity contribution in [2.45, 2.75) is 44.6 Å². The topological polar surface area (TPSA) is 54.0 Å². The molecule has 166 valence electrons. The molecule has 1 unspecified atom stereocenters. The van der Waals surface area contributed by atoms with E-state index < -0.39 is 0 Å². The maximum atomic E-state index is 9.08. The Morgan fingerprint density at radius 3 is 2.28 bits per heavy atom. The predicted molar refractivity (Wildman–Crippen MR) is 123 cm³/mol. The summed E-state index contributed by atoms with van der Waals surface area (Å²) >= 11 is 0. The van der Waals surface area contributed by atoms with Crippen LogP contribution in [0.15, 0.2) is 36.9 Å². The van der Waals surface area contributed by atoms with Gasteiger partial charge >= 0.3 is 0 Å². The highest BCUT2D eigenvalue weighted by Gasteiger charge is 2.27. The Labute approximate surface area is 178 Å². The number of hydrogen-bond acceptors (Lipinski definition) is 6. The second-order valence-electron chi connectivity index (χ2n) is 8.70. The Morgan fingerprint density at radius 1 is 0.931 bits per heavy atom. The third-order valence-corrected chi connectivity index (χ3v) is 6.01. The molecule has 2 aliphatic heterocycles. The fraction of sp³-hybridized carbons (Fsp3) is 0.739. The van der Waals surface area contributed by atoms with Crippen molar-refractivity contribution >= 4 is 0 Å². The summed E-state index contributed by atoms with van der Waals surface area (Å²) in [5, 5.41) is 15.9. The summed E-state index contributed by atoms with van der Waals surface area (Å²) in [5.74, 6) is 0.254. The minimum Gasteiger partial charge on any atom is -0.513 e. The molecule has 0 aromatic carbocycles. The van der Waals surface area contributed by atoms with Crippen LogP contribution in [0.25, 0.3) is 0 Å². The number of aliphatic hydroxyl groups is 1. The first kappa shape index (κ1) is 23.8. The summed E-state index contributed by atoms with van der Waals surface area (Å²) in [6.45, 7) is 21.8. The standard InChI is InChI=1S/C23H43N5O/c1-20(24-12-6-9-22(3)29)8-5-11-25-21(2)18-28-13-7-10-23(28)19-27-16-14-26(4)15-17-27/h23-25,29H,1-3,5-19H2,4H3/i4+1,14+1,16+1. The van der Waals surface area contributed by atoms with Gasteiger partial charge in [-0.1, -0.05) is 19.7 Å². The van der Waals surface area contributed by atoms with E-state index in [0.717, 1.165) is 50.3 Å². The number of allylic oxidation sites excluding steroid dienone is 2. The smallest absolute Gasteiger partial charge is 0.0851 e. The number of aliphatic hydroxyl groups excluding tert-OH is 1. The van der Waals surface area contributed by atoms with Crippen molar-refractivity contribution in [2.75, 3.05) is 66.0 Å². The molecule has 29 heavy (non-hydrogen) atoms. The molecule has 0 saturated carbocycles. The number of hydrogen-bond donors (Lipinski definition) is 3. The molecule has 0 aromatic heterocycles. The molecule has 6 heteroatoms. The molecule has 0 radical (unpaired) electrons. The van der Waals surface area contributed by atoms with Crippen molar-refractivity contribution in [1.82, 2.24) is 25.3 Å². The maximum absolute atomic E-state index is 9.08. The van der Waals surface area contributed by atoms with E-state index in [1.54, 1.807) is 0 Å². The Kier molecular flexibility index (Phi) is 10.6. The van der Waals surface area contributed by atoms with Crippen LogP contribution in [-0.4, -0.2) is 91.8 Å². The lowest BCUT2D eigenvalue weighted by Crippen LogP contribution is -2.49. The lowest BCUT2D eigenvalue weighted by atomic mass is 10.2.